The number of aromatic nitrogens is 1. The summed E-state index contributed by atoms with van der Waals surface area (Å²) in [6.07, 6.45) is 3.19. The molecule has 32 heavy (non-hydrogen) atoms. The first-order chi connectivity index (χ1) is 15.2. The van der Waals surface area contributed by atoms with Crippen molar-refractivity contribution in [3.05, 3.63) is 78.1 Å². The molecule has 0 bridgehead atoms. The predicted octanol–water partition coefficient (Wildman–Crippen LogP) is 6.74. The minimum absolute atomic E-state index is 0.366. The fourth-order valence-electron chi connectivity index (χ4n) is 5.38. The fourth-order valence-corrected chi connectivity index (χ4v) is 10.9. The van der Waals surface area contributed by atoms with Gasteiger partial charge < -0.3 is 10.2 Å². The second-order valence-electron chi connectivity index (χ2n) is 9.63. The van der Waals surface area contributed by atoms with Crippen LogP contribution in [-0.4, -0.2) is 19.2 Å². The van der Waals surface area contributed by atoms with E-state index in [1.165, 1.54) is 0 Å². The van der Waals surface area contributed by atoms with E-state index in [1.807, 2.05) is 42.6 Å². The van der Waals surface area contributed by atoms with Crippen LogP contribution in [0.5, 0.6) is 0 Å². The average Bonchev–Trinajstić information content (AvgIpc) is 2.75. The lowest BCUT2D eigenvalue weighted by atomic mass is 9.88. The van der Waals surface area contributed by atoms with Gasteiger partial charge in [0.15, 0.2) is 0 Å². The topological polar surface area (TPSA) is 65.2 Å². The predicted molar refractivity (Wildman–Crippen MR) is 135 cm³/mol. The molecule has 2 unspecified atom stereocenters. The molecule has 1 amide bonds. The van der Waals surface area contributed by atoms with Crippen molar-refractivity contribution in [1.29, 1.82) is 0 Å². The largest absolute Gasteiger partial charge is 0.408 e. The number of carbonyl (C=O) groups is 1. The Kier molecular flexibility index (Phi) is 7.52. The molecule has 0 aliphatic carbocycles. The zero-order valence-electron chi connectivity index (χ0n) is 20.1. The van der Waals surface area contributed by atoms with E-state index in [4.69, 9.17) is 10.2 Å². The standard InChI is InChI=1S/C27H36N2O2Si/c1-18(2)32(19(3)4,20(5)6)31-26(25(27(28)30)21-10-8-7-9-11-21)23-12-13-24-17-29-15-14-22(24)16-23/h7-20,25-26H,1-6H3,(H2,28,30). The summed E-state index contributed by atoms with van der Waals surface area (Å²) in [6.45, 7) is 13.6. The van der Waals surface area contributed by atoms with Crippen LogP contribution in [0.1, 0.15) is 64.7 Å². The smallest absolute Gasteiger partial charge is 0.227 e. The molecule has 0 radical (unpaired) electrons. The van der Waals surface area contributed by atoms with Gasteiger partial charge in [-0.3, -0.25) is 9.78 Å². The zero-order chi connectivity index (χ0) is 23.5. The Morgan fingerprint density at radius 3 is 2.03 bits per heavy atom. The second-order valence-corrected chi connectivity index (χ2v) is 15.0. The molecule has 2 atom stereocenters. The SMILES string of the molecule is CC(C)[Si](OC(c1ccc2cnccc2c1)C(C(N)=O)c1ccccc1)(C(C)C)C(C)C. The normalized spacial score (nSPS) is 14.3. The Labute approximate surface area is 193 Å². The number of fused-ring (bicyclic) bond motifs is 1. The molecule has 3 aromatic rings. The molecule has 3 rings (SSSR count). The number of primary amides is 1. The average molecular weight is 449 g/mol. The lowest BCUT2D eigenvalue weighted by Crippen LogP contribution is -2.50. The third-order valence-corrected chi connectivity index (χ3v) is 12.9. The Morgan fingerprint density at radius 1 is 0.844 bits per heavy atom. The highest BCUT2D eigenvalue weighted by Crippen LogP contribution is 2.48. The maximum Gasteiger partial charge on any atom is 0.227 e. The molecule has 5 heteroatoms. The summed E-state index contributed by atoms with van der Waals surface area (Å²) in [6, 6.07) is 18.0. The summed E-state index contributed by atoms with van der Waals surface area (Å²) in [4.78, 5) is 17.2. The Bertz CT molecular complexity index is 1030. The highest BCUT2D eigenvalue weighted by atomic mass is 28.4. The van der Waals surface area contributed by atoms with Gasteiger partial charge in [-0.05, 0) is 45.3 Å². The fraction of sp³-hybridized carbons (Fsp3) is 0.407. The van der Waals surface area contributed by atoms with Crippen LogP contribution >= 0.6 is 0 Å². The second kappa shape index (κ2) is 9.97. The first-order valence-electron chi connectivity index (χ1n) is 11.5. The molecular formula is C27H36N2O2Si. The molecule has 2 N–H and O–H groups in total. The molecule has 0 spiro atoms. The van der Waals surface area contributed by atoms with Crippen LogP contribution in [0.4, 0.5) is 0 Å². The summed E-state index contributed by atoms with van der Waals surface area (Å²) in [7, 11) is -2.30. The third kappa shape index (κ3) is 4.64. The molecule has 1 aromatic heterocycles. The van der Waals surface area contributed by atoms with Crippen LogP contribution in [0.25, 0.3) is 10.8 Å². The van der Waals surface area contributed by atoms with Crippen molar-refractivity contribution in [2.45, 2.75) is 70.2 Å². The summed E-state index contributed by atoms with van der Waals surface area (Å²) in [5, 5.41) is 2.14. The number of carbonyl (C=O) groups excluding carboxylic acids is 1. The first-order valence-corrected chi connectivity index (χ1v) is 13.7. The van der Waals surface area contributed by atoms with Crippen molar-refractivity contribution in [2.24, 2.45) is 5.73 Å². The van der Waals surface area contributed by atoms with Crippen LogP contribution in [0, 0.1) is 0 Å². The first kappa shape index (κ1) is 24.1. The summed E-state index contributed by atoms with van der Waals surface area (Å²) in [5.41, 5.74) is 9.09. The summed E-state index contributed by atoms with van der Waals surface area (Å²) >= 11 is 0. The lowest BCUT2D eigenvalue weighted by Gasteiger charge is -2.46. The van der Waals surface area contributed by atoms with E-state index in [2.05, 4.69) is 64.7 Å². The van der Waals surface area contributed by atoms with Crippen LogP contribution < -0.4 is 5.73 Å². The highest BCUT2D eigenvalue weighted by Gasteiger charge is 2.48. The third-order valence-electron chi connectivity index (χ3n) is 6.80. The van der Waals surface area contributed by atoms with Crippen LogP contribution in [0.3, 0.4) is 0 Å². The quantitative estimate of drug-likeness (QED) is 0.369. The molecular weight excluding hydrogens is 412 g/mol. The number of amides is 1. The van der Waals surface area contributed by atoms with Crippen molar-refractivity contribution in [3.8, 4) is 0 Å². The molecule has 0 aliphatic rings. The zero-order valence-corrected chi connectivity index (χ0v) is 21.1. The number of hydrogen-bond acceptors (Lipinski definition) is 3. The van der Waals surface area contributed by atoms with Crippen molar-refractivity contribution >= 4 is 25.0 Å². The number of hydrogen-bond donors (Lipinski definition) is 1. The Hall–Kier alpha value is -2.50. The number of pyridine rings is 1. The highest BCUT2D eigenvalue weighted by molar-refractivity contribution is 6.77. The molecule has 1 heterocycles. The minimum atomic E-state index is -2.30. The molecule has 170 valence electrons. The van der Waals surface area contributed by atoms with E-state index in [9.17, 15) is 4.79 Å². The number of benzene rings is 2. The minimum Gasteiger partial charge on any atom is -0.408 e. The van der Waals surface area contributed by atoms with Crippen molar-refractivity contribution < 1.29 is 9.22 Å². The van der Waals surface area contributed by atoms with Gasteiger partial charge in [0.05, 0.1) is 12.0 Å². The van der Waals surface area contributed by atoms with Crippen molar-refractivity contribution in [3.63, 3.8) is 0 Å². The number of nitrogens with zero attached hydrogens (tertiary/aromatic N) is 1. The van der Waals surface area contributed by atoms with E-state index in [1.54, 1.807) is 6.20 Å². The molecule has 0 saturated carbocycles. The van der Waals surface area contributed by atoms with Crippen LogP contribution in [-0.2, 0) is 9.22 Å². The maximum atomic E-state index is 12.9. The van der Waals surface area contributed by atoms with Gasteiger partial charge >= 0.3 is 0 Å². The van der Waals surface area contributed by atoms with Gasteiger partial charge in [0.2, 0.25) is 14.2 Å². The summed E-state index contributed by atoms with van der Waals surface area (Å²) in [5.74, 6) is -0.936. The van der Waals surface area contributed by atoms with Gasteiger partial charge in [-0.2, -0.15) is 0 Å². The molecule has 0 fully saturated rings. The van der Waals surface area contributed by atoms with E-state index < -0.39 is 20.3 Å². The van der Waals surface area contributed by atoms with Gasteiger partial charge in [-0.25, -0.2) is 0 Å². The number of nitrogens with two attached hydrogens (primary N) is 1. The maximum absolute atomic E-state index is 12.9. The lowest BCUT2D eigenvalue weighted by molar-refractivity contribution is -0.121. The Balaban J connectivity index is 2.23. The van der Waals surface area contributed by atoms with E-state index in [0.717, 1.165) is 21.9 Å². The van der Waals surface area contributed by atoms with E-state index >= 15 is 0 Å². The number of rotatable bonds is 9. The monoisotopic (exact) mass is 448 g/mol. The van der Waals surface area contributed by atoms with Gasteiger partial charge in [-0.15, -0.1) is 0 Å². The van der Waals surface area contributed by atoms with Crippen molar-refractivity contribution in [2.75, 3.05) is 0 Å². The van der Waals surface area contributed by atoms with Gasteiger partial charge in [0.25, 0.3) is 0 Å². The van der Waals surface area contributed by atoms with Crippen molar-refractivity contribution in [1.82, 2.24) is 4.98 Å². The molecule has 0 saturated heterocycles. The van der Waals surface area contributed by atoms with Gasteiger partial charge in [-0.1, -0.05) is 84.0 Å². The van der Waals surface area contributed by atoms with Gasteiger partial charge in [0, 0.05) is 17.8 Å². The molecule has 4 nitrogen and oxygen atoms in total. The molecule has 2 aromatic carbocycles. The van der Waals surface area contributed by atoms with E-state index in [0.29, 0.717) is 16.6 Å². The van der Waals surface area contributed by atoms with Gasteiger partial charge in [0.1, 0.15) is 0 Å². The molecule has 0 aliphatic heterocycles. The van der Waals surface area contributed by atoms with Crippen LogP contribution in [0.2, 0.25) is 16.6 Å². The van der Waals surface area contributed by atoms with E-state index in [-0.39, 0.29) is 5.91 Å². The summed E-state index contributed by atoms with van der Waals surface area (Å²) < 4.78 is 7.26. The van der Waals surface area contributed by atoms with Crippen LogP contribution in [0.15, 0.2) is 67.0 Å². The Morgan fingerprint density at radius 2 is 1.47 bits per heavy atom.